The predicted molar refractivity (Wildman–Crippen MR) is 113 cm³/mol. The van der Waals surface area contributed by atoms with Crippen molar-refractivity contribution in [1.29, 1.82) is 0 Å². The molecular formula is C22H24N6O2. The largest absolute Gasteiger partial charge is 0.354 e. The van der Waals surface area contributed by atoms with E-state index >= 15 is 0 Å². The SMILES string of the molecule is Cc1ccc(N2C[C@@H](C(=O)NCCn3ccc(-c4cnccn4)n3)CC2=O)cc1C. The number of nitrogens with zero attached hydrogens (tertiary/aromatic N) is 5. The Bertz CT molecular complexity index is 1060. The lowest BCUT2D eigenvalue weighted by molar-refractivity contribution is -0.126. The molecule has 1 aromatic carbocycles. The molecule has 2 aromatic heterocycles. The molecule has 8 heteroatoms. The molecule has 0 spiro atoms. The number of amides is 2. The minimum Gasteiger partial charge on any atom is -0.354 e. The number of carbonyl (C=O) groups is 2. The number of rotatable bonds is 6. The lowest BCUT2D eigenvalue weighted by Crippen LogP contribution is -2.34. The first-order chi connectivity index (χ1) is 14.5. The summed E-state index contributed by atoms with van der Waals surface area (Å²) in [6.45, 7) is 5.44. The van der Waals surface area contributed by atoms with E-state index in [1.165, 1.54) is 5.56 Å². The Morgan fingerprint density at radius 2 is 2.03 bits per heavy atom. The maximum absolute atomic E-state index is 12.6. The minimum absolute atomic E-state index is 0.0147. The number of aromatic nitrogens is 4. The van der Waals surface area contributed by atoms with Crippen molar-refractivity contribution < 1.29 is 9.59 Å². The molecule has 30 heavy (non-hydrogen) atoms. The summed E-state index contributed by atoms with van der Waals surface area (Å²) >= 11 is 0. The number of hydrogen-bond donors (Lipinski definition) is 1. The smallest absolute Gasteiger partial charge is 0.227 e. The normalized spacial score (nSPS) is 16.1. The summed E-state index contributed by atoms with van der Waals surface area (Å²) in [6, 6.07) is 7.81. The Kier molecular flexibility index (Phi) is 5.56. The third-order valence-electron chi connectivity index (χ3n) is 5.40. The highest BCUT2D eigenvalue weighted by Gasteiger charge is 2.35. The molecular weight excluding hydrogens is 380 g/mol. The predicted octanol–water partition coefficient (Wildman–Crippen LogP) is 2.13. The minimum atomic E-state index is -0.341. The number of aryl methyl sites for hydroxylation is 2. The molecule has 0 aliphatic carbocycles. The van der Waals surface area contributed by atoms with Gasteiger partial charge in [0.05, 0.1) is 18.7 Å². The van der Waals surface area contributed by atoms with Crippen molar-refractivity contribution >= 4 is 17.5 Å². The molecule has 3 aromatic rings. The molecule has 0 unspecified atom stereocenters. The summed E-state index contributed by atoms with van der Waals surface area (Å²) in [5.41, 5.74) is 4.61. The lowest BCUT2D eigenvalue weighted by atomic mass is 10.1. The van der Waals surface area contributed by atoms with Crippen molar-refractivity contribution in [2.75, 3.05) is 18.0 Å². The Hall–Kier alpha value is -3.55. The van der Waals surface area contributed by atoms with Crippen LogP contribution < -0.4 is 10.2 Å². The van der Waals surface area contributed by atoms with Crippen LogP contribution in [0, 0.1) is 19.8 Å². The monoisotopic (exact) mass is 404 g/mol. The molecule has 1 N–H and O–H groups in total. The number of carbonyl (C=O) groups excluding carboxylic acids is 2. The summed E-state index contributed by atoms with van der Waals surface area (Å²) in [7, 11) is 0. The van der Waals surface area contributed by atoms with Gasteiger partial charge < -0.3 is 10.2 Å². The fourth-order valence-corrected chi connectivity index (χ4v) is 3.52. The Morgan fingerprint density at radius 3 is 2.80 bits per heavy atom. The molecule has 0 radical (unpaired) electrons. The molecule has 2 amide bonds. The molecule has 0 saturated carbocycles. The van der Waals surface area contributed by atoms with Gasteiger partial charge in [-0.2, -0.15) is 5.10 Å². The molecule has 0 bridgehead atoms. The second-order valence-corrected chi connectivity index (χ2v) is 7.52. The standard InChI is InChI=1S/C22H24N6O2/c1-15-3-4-18(11-16(15)2)28-14-17(12-21(28)29)22(30)25-8-10-27-9-5-19(26-27)20-13-23-6-7-24-20/h3-7,9,11,13,17H,8,10,12,14H2,1-2H3,(H,25,30)/t17-/m0/s1. The Balaban J connectivity index is 1.30. The average Bonchev–Trinajstić information content (AvgIpc) is 3.38. The van der Waals surface area contributed by atoms with Gasteiger partial charge in [-0.25, -0.2) is 0 Å². The average molecular weight is 404 g/mol. The van der Waals surface area contributed by atoms with Crippen molar-refractivity contribution in [3.63, 3.8) is 0 Å². The van der Waals surface area contributed by atoms with Gasteiger partial charge in [-0.1, -0.05) is 6.07 Å². The Morgan fingerprint density at radius 1 is 1.17 bits per heavy atom. The van der Waals surface area contributed by atoms with Crippen LogP contribution in [-0.4, -0.2) is 44.7 Å². The van der Waals surface area contributed by atoms with Gasteiger partial charge in [0.1, 0.15) is 11.4 Å². The van der Waals surface area contributed by atoms with E-state index in [0.29, 0.717) is 25.3 Å². The van der Waals surface area contributed by atoms with Gasteiger partial charge >= 0.3 is 0 Å². The highest BCUT2D eigenvalue weighted by molar-refractivity contribution is 6.00. The summed E-state index contributed by atoms with van der Waals surface area (Å²) in [5, 5.41) is 7.38. The third-order valence-corrected chi connectivity index (χ3v) is 5.40. The number of anilines is 1. The van der Waals surface area contributed by atoms with Gasteiger partial charge in [0.2, 0.25) is 11.8 Å². The summed E-state index contributed by atoms with van der Waals surface area (Å²) in [6.07, 6.45) is 6.98. The third kappa shape index (κ3) is 4.22. The van der Waals surface area contributed by atoms with Crippen LogP contribution in [0.5, 0.6) is 0 Å². The molecule has 154 valence electrons. The van der Waals surface area contributed by atoms with E-state index in [-0.39, 0.29) is 24.2 Å². The van der Waals surface area contributed by atoms with E-state index in [9.17, 15) is 9.59 Å². The first-order valence-electron chi connectivity index (χ1n) is 9.96. The second-order valence-electron chi connectivity index (χ2n) is 7.52. The molecule has 1 aliphatic heterocycles. The van der Waals surface area contributed by atoms with Gasteiger partial charge in [0, 0.05) is 43.8 Å². The quantitative estimate of drug-likeness (QED) is 0.679. The van der Waals surface area contributed by atoms with Crippen molar-refractivity contribution in [2.45, 2.75) is 26.8 Å². The van der Waals surface area contributed by atoms with Gasteiger partial charge in [-0.3, -0.25) is 24.2 Å². The highest BCUT2D eigenvalue weighted by Crippen LogP contribution is 2.26. The van der Waals surface area contributed by atoms with Crippen LogP contribution in [0.4, 0.5) is 5.69 Å². The van der Waals surface area contributed by atoms with Crippen LogP contribution in [0.3, 0.4) is 0 Å². The van der Waals surface area contributed by atoms with E-state index < -0.39 is 0 Å². The van der Waals surface area contributed by atoms with Crippen molar-refractivity contribution in [3.05, 3.63) is 60.2 Å². The second kappa shape index (κ2) is 8.44. The molecule has 3 heterocycles. The van der Waals surface area contributed by atoms with Crippen LogP contribution in [0.2, 0.25) is 0 Å². The summed E-state index contributed by atoms with van der Waals surface area (Å²) in [5.74, 6) is -0.457. The van der Waals surface area contributed by atoms with Crippen LogP contribution in [0.15, 0.2) is 49.1 Å². The molecule has 1 fully saturated rings. The molecule has 8 nitrogen and oxygen atoms in total. The summed E-state index contributed by atoms with van der Waals surface area (Å²) < 4.78 is 1.76. The van der Waals surface area contributed by atoms with E-state index in [4.69, 9.17) is 0 Å². The first kappa shape index (κ1) is 19.8. The molecule has 1 saturated heterocycles. The molecule has 1 aliphatic rings. The van der Waals surface area contributed by atoms with Crippen LogP contribution in [0.1, 0.15) is 17.5 Å². The van der Waals surface area contributed by atoms with Gasteiger partial charge in [-0.05, 0) is 43.2 Å². The van der Waals surface area contributed by atoms with Gasteiger partial charge in [0.25, 0.3) is 0 Å². The number of benzene rings is 1. The summed E-state index contributed by atoms with van der Waals surface area (Å²) in [4.78, 5) is 35.0. The molecule has 1 atom stereocenters. The van der Waals surface area contributed by atoms with E-state index in [2.05, 4.69) is 20.4 Å². The van der Waals surface area contributed by atoms with E-state index in [0.717, 1.165) is 16.9 Å². The zero-order valence-corrected chi connectivity index (χ0v) is 17.1. The van der Waals surface area contributed by atoms with Crippen molar-refractivity contribution in [2.24, 2.45) is 5.92 Å². The van der Waals surface area contributed by atoms with Crippen LogP contribution >= 0.6 is 0 Å². The van der Waals surface area contributed by atoms with Crippen molar-refractivity contribution in [3.8, 4) is 11.4 Å². The maximum atomic E-state index is 12.6. The number of nitrogens with one attached hydrogen (secondary N) is 1. The van der Waals surface area contributed by atoms with Crippen LogP contribution in [0.25, 0.3) is 11.4 Å². The van der Waals surface area contributed by atoms with Gasteiger partial charge in [-0.15, -0.1) is 0 Å². The zero-order valence-electron chi connectivity index (χ0n) is 17.1. The van der Waals surface area contributed by atoms with E-state index in [1.54, 1.807) is 28.2 Å². The zero-order chi connectivity index (χ0) is 21.1. The highest BCUT2D eigenvalue weighted by atomic mass is 16.2. The lowest BCUT2D eigenvalue weighted by Gasteiger charge is -2.18. The first-order valence-corrected chi connectivity index (χ1v) is 9.96. The maximum Gasteiger partial charge on any atom is 0.227 e. The topological polar surface area (TPSA) is 93.0 Å². The number of hydrogen-bond acceptors (Lipinski definition) is 5. The fraction of sp³-hybridized carbons (Fsp3) is 0.318. The molecule has 4 rings (SSSR count). The van der Waals surface area contributed by atoms with Crippen molar-refractivity contribution in [1.82, 2.24) is 25.1 Å². The van der Waals surface area contributed by atoms with Gasteiger partial charge in [0.15, 0.2) is 0 Å². The van der Waals surface area contributed by atoms with Crippen LogP contribution in [-0.2, 0) is 16.1 Å². The Labute approximate surface area is 175 Å². The van der Waals surface area contributed by atoms with E-state index in [1.807, 2.05) is 44.3 Å². The fourth-order valence-electron chi connectivity index (χ4n) is 3.52.